The largest absolute Gasteiger partial charge is 0.467 e. The lowest BCUT2D eigenvalue weighted by Crippen LogP contribution is -2.45. The summed E-state index contributed by atoms with van der Waals surface area (Å²) in [5.74, 6) is 0.0140. The summed E-state index contributed by atoms with van der Waals surface area (Å²) in [5.41, 5.74) is 4.44. The van der Waals surface area contributed by atoms with Crippen molar-refractivity contribution in [1.82, 2.24) is 14.8 Å². The van der Waals surface area contributed by atoms with Crippen molar-refractivity contribution >= 4 is 29.3 Å². The van der Waals surface area contributed by atoms with E-state index in [0.29, 0.717) is 23.4 Å². The van der Waals surface area contributed by atoms with Crippen LogP contribution in [0.25, 0.3) is 11.1 Å². The first kappa shape index (κ1) is 27.3. The molecule has 1 atom stereocenters. The molecule has 0 unspecified atom stereocenters. The number of ether oxygens (including phenoxy) is 1. The van der Waals surface area contributed by atoms with E-state index in [0.717, 1.165) is 48.7 Å². The number of fused-ring (bicyclic) bond motifs is 1. The number of rotatable bonds is 7. The lowest BCUT2D eigenvalue weighted by atomic mass is 10.00. The van der Waals surface area contributed by atoms with E-state index in [1.54, 1.807) is 17.2 Å². The number of anilines is 2. The molecule has 1 aromatic heterocycles. The number of methoxy groups -OCH3 is 1. The summed E-state index contributed by atoms with van der Waals surface area (Å²) in [4.78, 5) is 49.0. The quantitative estimate of drug-likeness (QED) is 0.453. The number of benzene rings is 2. The molecule has 1 saturated heterocycles. The van der Waals surface area contributed by atoms with E-state index < -0.39 is 12.0 Å². The Hall–Kier alpha value is -4.24. The van der Waals surface area contributed by atoms with Crippen molar-refractivity contribution in [2.24, 2.45) is 5.92 Å². The first-order valence-corrected chi connectivity index (χ1v) is 13.6. The monoisotopic (exact) mass is 541 g/mol. The highest BCUT2D eigenvalue weighted by molar-refractivity contribution is 6.04. The smallest absolute Gasteiger partial charge is 0.328 e. The van der Waals surface area contributed by atoms with Gasteiger partial charge in [-0.2, -0.15) is 0 Å². The van der Waals surface area contributed by atoms with E-state index in [-0.39, 0.29) is 17.7 Å². The van der Waals surface area contributed by atoms with Crippen molar-refractivity contribution in [2.75, 3.05) is 50.6 Å². The molecule has 9 heteroatoms. The average Bonchev–Trinajstić information content (AvgIpc) is 3.28. The maximum Gasteiger partial charge on any atom is 0.328 e. The van der Waals surface area contributed by atoms with E-state index in [2.05, 4.69) is 27.1 Å². The highest BCUT2D eigenvalue weighted by atomic mass is 16.5. The Morgan fingerprint density at radius 2 is 1.65 bits per heavy atom. The molecule has 1 fully saturated rings. The van der Waals surface area contributed by atoms with Gasteiger partial charge in [0.05, 0.1) is 12.7 Å². The lowest BCUT2D eigenvalue weighted by molar-refractivity contribution is -0.147. The van der Waals surface area contributed by atoms with Gasteiger partial charge >= 0.3 is 5.97 Å². The number of pyridine rings is 1. The van der Waals surface area contributed by atoms with Crippen molar-refractivity contribution in [2.45, 2.75) is 26.4 Å². The van der Waals surface area contributed by atoms with Crippen LogP contribution in [0.4, 0.5) is 11.5 Å². The Bertz CT molecular complexity index is 1400. The summed E-state index contributed by atoms with van der Waals surface area (Å²) < 4.78 is 4.96. The van der Waals surface area contributed by atoms with Crippen LogP contribution < -0.4 is 10.2 Å². The number of aromatic nitrogens is 1. The molecule has 5 rings (SSSR count). The van der Waals surface area contributed by atoms with Gasteiger partial charge < -0.3 is 24.8 Å². The first-order valence-electron chi connectivity index (χ1n) is 13.6. The molecule has 208 valence electrons. The topological polar surface area (TPSA) is 95.1 Å². The third-order valence-electron chi connectivity index (χ3n) is 7.67. The number of carbonyl (C=O) groups is 3. The molecule has 3 heterocycles. The molecule has 0 spiro atoms. The van der Waals surface area contributed by atoms with Crippen LogP contribution in [-0.4, -0.2) is 78.9 Å². The van der Waals surface area contributed by atoms with Crippen molar-refractivity contribution in [3.8, 4) is 11.1 Å². The van der Waals surface area contributed by atoms with E-state index in [9.17, 15) is 14.4 Å². The van der Waals surface area contributed by atoms with Crippen LogP contribution in [-0.2, 0) is 16.1 Å². The summed E-state index contributed by atoms with van der Waals surface area (Å²) >= 11 is 0. The zero-order valence-corrected chi connectivity index (χ0v) is 23.4. The Morgan fingerprint density at radius 1 is 0.950 bits per heavy atom. The third-order valence-corrected chi connectivity index (χ3v) is 7.67. The predicted octanol–water partition coefficient (Wildman–Crippen LogP) is 3.91. The SMILES string of the molecule is COC(=O)[C@H](C(C)C)N1Cc2ccc(-c3ccc(NC(=O)c4ccc(N5CCN(C)CC5)nc4)cc3)cc2C1=O. The van der Waals surface area contributed by atoms with Gasteiger partial charge in [-0.15, -0.1) is 0 Å². The van der Waals surface area contributed by atoms with Gasteiger partial charge in [-0.3, -0.25) is 9.59 Å². The van der Waals surface area contributed by atoms with Gasteiger partial charge in [0, 0.05) is 50.2 Å². The normalized spacial score (nSPS) is 16.2. The van der Waals surface area contributed by atoms with Crippen molar-refractivity contribution in [1.29, 1.82) is 0 Å². The first-order chi connectivity index (χ1) is 19.2. The fourth-order valence-corrected chi connectivity index (χ4v) is 5.30. The number of hydrogen-bond acceptors (Lipinski definition) is 7. The highest BCUT2D eigenvalue weighted by Crippen LogP contribution is 2.32. The third kappa shape index (κ3) is 5.56. The summed E-state index contributed by atoms with van der Waals surface area (Å²) in [5, 5.41) is 2.93. The minimum atomic E-state index is -0.630. The van der Waals surface area contributed by atoms with Gasteiger partial charge in [0.2, 0.25) is 0 Å². The number of carbonyl (C=O) groups excluding carboxylic acids is 3. The number of nitrogens with one attached hydrogen (secondary N) is 1. The van der Waals surface area contributed by atoms with Gasteiger partial charge in [0.25, 0.3) is 11.8 Å². The molecule has 3 aromatic rings. The van der Waals surface area contributed by atoms with Crippen LogP contribution in [0.1, 0.15) is 40.1 Å². The molecular formula is C31H35N5O4. The Labute approximate surface area is 234 Å². The maximum atomic E-state index is 13.2. The van der Waals surface area contributed by atoms with Crippen molar-refractivity contribution in [3.63, 3.8) is 0 Å². The molecule has 40 heavy (non-hydrogen) atoms. The van der Waals surface area contributed by atoms with E-state index >= 15 is 0 Å². The molecule has 0 aliphatic carbocycles. The van der Waals surface area contributed by atoms with Crippen molar-refractivity contribution in [3.05, 3.63) is 77.5 Å². The summed E-state index contributed by atoms with van der Waals surface area (Å²) in [6.45, 7) is 8.02. The van der Waals surface area contributed by atoms with Gasteiger partial charge in [0.1, 0.15) is 11.9 Å². The van der Waals surface area contributed by atoms with Crippen molar-refractivity contribution < 1.29 is 19.1 Å². The van der Waals surface area contributed by atoms with Crippen LogP contribution >= 0.6 is 0 Å². The predicted molar refractivity (Wildman–Crippen MR) is 154 cm³/mol. The summed E-state index contributed by atoms with van der Waals surface area (Å²) in [6, 6.07) is 16.4. The molecule has 2 aliphatic rings. The maximum absolute atomic E-state index is 13.2. The van der Waals surface area contributed by atoms with Crippen LogP contribution in [0.5, 0.6) is 0 Å². The molecule has 9 nitrogen and oxygen atoms in total. The molecule has 0 saturated carbocycles. The minimum absolute atomic E-state index is 0.0707. The summed E-state index contributed by atoms with van der Waals surface area (Å²) in [7, 11) is 3.46. The van der Waals surface area contributed by atoms with Gasteiger partial charge in [-0.05, 0) is 60.0 Å². The molecular weight excluding hydrogens is 506 g/mol. The fourth-order valence-electron chi connectivity index (χ4n) is 5.30. The number of amides is 2. The zero-order chi connectivity index (χ0) is 28.4. The lowest BCUT2D eigenvalue weighted by Gasteiger charge is -2.33. The van der Waals surface area contributed by atoms with Gasteiger partial charge in [0.15, 0.2) is 0 Å². The highest BCUT2D eigenvalue weighted by Gasteiger charge is 2.38. The van der Waals surface area contributed by atoms with Crippen LogP contribution in [0, 0.1) is 5.92 Å². The molecule has 0 radical (unpaired) electrons. The van der Waals surface area contributed by atoms with Crippen LogP contribution in [0.15, 0.2) is 60.8 Å². The second-order valence-corrected chi connectivity index (χ2v) is 10.7. The second kappa shape index (κ2) is 11.5. The number of nitrogens with zero attached hydrogens (tertiary/aromatic N) is 4. The number of esters is 1. The Balaban J connectivity index is 1.24. The standard InChI is InChI=1S/C31H35N5O4/c1-20(2)28(31(39)40-4)36-19-24-6-5-22(17-26(24)30(36)38)21-7-10-25(11-8-21)33-29(37)23-9-12-27(32-18-23)35-15-13-34(3)14-16-35/h5-12,17-18,20,28H,13-16,19H2,1-4H3,(H,33,37)/t28-/m0/s1. The molecule has 1 N–H and O–H groups in total. The zero-order valence-electron chi connectivity index (χ0n) is 23.4. The minimum Gasteiger partial charge on any atom is -0.467 e. The molecule has 2 aromatic carbocycles. The molecule has 0 bridgehead atoms. The number of piperazine rings is 1. The average molecular weight is 542 g/mol. The Morgan fingerprint density at radius 3 is 2.27 bits per heavy atom. The molecule has 2 amide bonds. The van der Waals surface area contributed by atoms with E-state index in [1.165, 1.54) is 7.11 Å². The van der Waals surface area contributed by atoms with Crippen LogP contribution in [0.2, 0.25) is 0 Å². The second-order valence-electron chi connectivity index (χ2n) is 10.7. The van der Waals surface area contributed by atoms with E-state index in [1.807, 2.05) is 62.4 Å². The van der Waals surface area contributed by atoms with Crippen LogP contribution in [0.3, 0.4) is 0 Å². The molecule has 2 aliphatic heterocycles. The van der Waals surface area contributed by atoms with Gasteiger partial charge in [-0.1, -0.05) is 38.1 Å². The number of hydrogen-bond donors (Lipinski definition) is 1. The fraction of sp³-hybridized carbons (Fsp3) is 0.355. The van der Waals surface area contributed by atoms with Gasteiger partial charge in [-0.25, -0.2) is 9.78 Å². The Kier molecular flexibility index (Phi) is 7.84. The summed E-state index contributed by atoms with van der Waals surface area (Å²) in [6.07, 6.45) is 1.62. The van der Waals surface area contributed by atoms with E-state index in [4.69, 9.17) is 4.74 Å². The number of likely N-dealkylation sites (N-methyl/N-ethyl adjacent to an activating group) is 1.